The molecule has 0 aromatic heterocycles. The van der Waals surface area contributed by atoms with Gasteiger partial charge in [-0.05, 0) is 31.4 Å². The van der Waals surface area contributed by atoms with Gasteiger partial charge in [-0.2, -0.15) is 0 Å². The predicted molar refractivity (Wildman–Crippen MR) is 55.6 cm³/mol. The van der Waals surface area contributed by atoms with Gasteiger partial charge in [0.1, 0.15) is 11.6 Å². The summed E-state index contributed by atoms with van der Waals surface area (Å²) in [6.45, 7) is 0. The van der Waals surface area contributed by atoms with E-state index in [0.717, 1.165) is 25.3 Å². The highest BCUT2D eigenvalue weighted by atomic mass is 19.1. The molecule has 1 aliphatic carbocycles. The Morgan fingerprint density at radius 3 is 2.33 bits per heavy atom. The van der Waals surface area contributed by atoms with E-state index in [1.807, 2.05) is 0 Å². The van der Waals surface area contributed by atoms with Crippen LogP contribution in [0.15, 0.2) is 18.2 Å². The van der Waals surface area contributed by atoms with Gasteiger partial charge < -0.3 is 11.1 Å². The van der Waals surface area contributed by atoms with Gasteiger partial charge in [0.05, 0.1) is 0 Å². The number of nitrogens with two attached hydrogens (primary N) is 1. The second-order valence-corrected chi connectivity index (χ2v) is 4.00. The third kappa shape index (κ3) is 2.45. The topological polar surface area (TPSA) is 38.0 Å². The van der Waals surface area contributed by atoms with E-state index in [1.54, 1.807) is 0 Å². The van der Waals surface area contributed by atoms with Crippen molar-refractivity contribution in [3.63, 3.8) is 0 Å². The van der Waals surface area contributed by atoms with Crippen molar-refractivity contribution in [3.05, 3.63) is 29.8 Å². The number of hydrogen-bond donors (Lipinski definition) is 2. The summed E-state index contributed by atoms with van der Waals surface area (Å²) < 4.78 is 25.8. The minimum absolute atomic E-state index is 0.0799. The molecule has 1 aliphatic rings. The Kier molecular flexibility index (Phi) is 2.86. The molecule has 0 unspecified atom stereocenters. The third-order valence-corrected chi connectivity index (χ3v) is 2.78. The SMILES string of the molecule is N[C@H]1CCC[C@H]1Nc1cc(F)cc(F)c1. The summed E-state index contributed by atoms with van der Waals surface area (Å²) >= 11 is 0. The standard InChI is InChI=1S/C11H14F2N2/c12-7-4-8(13)6-9(5-7)15-11-3-1-2-10(11)14/h4-6,10-11,15H,1-3,14H2/t10-,11+/m0/s1. The molecule has 0 heterocycles. The molecular weight excluding hydrogens is 198 g/mol. The molecule has 1 fully saturated rings. The first-order valence-electron chi connectivity index (χ1n) is 5.13. The molecule has 0 spiro atoms. The highest BCUT2D eigenvalue weighted by Gasteiger charge is 2.23. The van der Waals surface area contributed by atoms with Crippen LogP contribution in [0.2, 0.25) is 0 Å². The summed E-state index contributed by atoms with van der Waals surface area (Å²) in [5, 5.41) is 3.07. The zero-order valence-electron chi connectivity index (χ0n) is 8.34. The van der Waals surface area contributed by atoms with E-state index < -0.39 is 11.6 Å². The second-order valence-electron chi connectivity index (χ2n) is 4.00. The van der Waals surface area contributed by atoms with Gasteiger partial charge in [0.2, 0.25) is 0 Å². The highest BCUT2D eigenvalue weighted by Crippen LogP contribution is 2.22. The fourth-order valence-corrected chi connectivity index (χ4v) is 2.02. The van der Waals surface area contributed by atoms with Gasteiger partial charge in [0, 0.05) is 23.8 Å². The van der Waals surface area contributed by atoms with E-state index in [4.69, 9.17) is 5.73 Å². The van der Waals surface area contributed by atoms with E-state index in [0.29, 0.717) is 5.69 Å². The van der Waals surface area contributed by atoms with Crippen LogP contribution in [0.5, 0.6) is 0 Å². The molecule has 1 saturated carbocycles. The molecule has 0 aliphatic heterocycles. The maximum absolute atomic E-state index is 12.9. The zero-order valence-corrected chi connectivity index (χ0v) is 8.34. The number of rotatable bonds is 2. The van der Waals surface area contributed by atoms with Crippen molar-refractivity contribution in [2.24, 2.45) is 5.73 Å². The lowest BCUT2D eigenvalue weighted by Crippen LogP contribution is -2.35. The van der Waals surface area contributed by atoms with Crippen LogP contribution >= 0.6 is 0 Å². The van der Waals surface area contributed by atoms with Crippen molar-refractivity contribution in [2.75, 3.05) is 5.32 Å². The summed E-state index contributed by atoms with van der Waals surface area (Å²) in [7, 11) is 0. The van der Waals surface area contributed by atoms with Crippen LogP contribution in [0, 0.1) is 11.6 Å². The van der Waals surface area contributed by atoms with Crippen LogP contribution < -0.4 is 11.1 Å². The first kappa shape index (κ1) is 10.4. The van der Waals surface area contributed by atoms with E-state index in [1.165, 1.54) is 12.1 Å². The number of halogens is 2. The largest absolute Gasteiger partial charge is 0.381 e. The van der Waals surface area contributed by atoms with Crippen molar-refractivity contribution in [1.82, 2.24) is 0 Å². The average Bonchev–Trinajstić information content (AvgIpc) is 2.50. The Labute approximate surface area is 87.5 Å². The van der Waals surface area contributed by atoms with Crippen molar-refractivity contribution in [3.8, 4) is 0 Å². The quantitative estimate of drug-likeness (QED) is 0.789. The van der Waals surface area contributed by atoms with E-state index in [-0.39, 0.29) is 12.1 Å². The maximum atomic E-state index is 12.9. The predicted octanol–water partition coefficient (Wildman–Crippen LogP) is 2.26. The van der Waals surface area contributed by atoms with Gasteiger partial charge in [-0.15, -0.1) is 0 Å². The fourth-order valence-electron chi connectivity index (χ4n) is 2.02. The molecule has 0 saturated heterocycles. The van der Waals surface area contributed by atoms with Crippen LogP contribution in [0.1, 0.15) is 19.3 Å². The molecule has 4 heteroatoms. The van der Waals surface area contributed by atoms with E-state index in [9.17, 15) is 8.78 Å². The summed E-state index contributed by atoms with van der Waals surface area (Å²) in [4.78, 5) is 0. The minimum Gasteiger partial charge on any atom is -0.381 e. The zero-order chi connectivity index (χ0) is 10.8. The molecule has 0 radical (unpaired) electrons. The normalized spacial score (nSPS) is 25.5. The number of benzene rings is 1. The summed E-state index contributed by atoms with van der Waals surface area (Å²) in [5.41, 5.74) is 6.32. The molecule has 82 valence electrons. The maximum Gasteiger partial charge on any atom is 0.128 e. The highest BCUT2D eigenvalue weighted by molar-refractivity contribution is 5.45. The Bertz CT molecular complexity index is 334. The van der Waals surface area contributed by atoms with E-state index in [2.05, 4.69) is 5.32 Å². The molecule has 1 aromatic carbocycles. The van der Waals surface area contributed by atoms with Gasteiger partial charge in [-0.3, -0.25) is 0 Å². The fraction of sp³-hybridized carbons (Fsp3) is 0.455. The van der Waals surface area contributed by atoms with Crippen LogP contribution in [-0.2, 0) is 0 Å². The first-order chi connectivity index (χ1) is 7.15. The third-order valence-electron chi connectivity index (χ3n) is 2.78. The van der Waals surface area contributed by atoms with Gasteiger partial charge >= 0.3 is 0 Å². The van der Waals surface area contributed by atoms with Gasteiger partial charge in [0.15, 0.2) is 0 Å². The monoisotopic (exact) mass is 212 g/mol. The molecule has 0 amide bonds. The summed E-state index contributed by atoms with van der Waals surface area (Å²) in [5.74, 6) is -1.13. The lowest BCUT2D eigenvalue weighted by atomic mass is 10.1. The molecule has 1 aromatic rings. The second kappa shape index (κ2) is 4.14. The van der Waals surface area contributed by atoms with Gasteiger partial charge in [-0.25, -0.2) is 8.78 Å². The average molecular weight is 212 g/mol. The van der Waals surface area contributed by atoms with Crippen molar-refractivity contribution in [1.29, 1.82) is 0 Å². The number of nitrogens with one attached hydrogen (secondary N) is 1. The summed E-state index contributed by atoms with van der Waals surface area (Å²) in [6, 6.07) is 3.64. The van der Waals surface area contributed by atoms with Gasteiger partial charge in [0.25, 0.3) is 0 Å². The Balaban J connectivity index is 2.10. The Morgan fingerprint density at radius 2 is 1.80 bits per heavy atom. The first-order valence-corrected chi connectivity index (χ1v) is 5.13. The molecule has 3 N–H and O–H groups in total. The molecule has 2 atom stereocenters. The molecule has 2 rings (SSSR count). The molecule has 15 heavy (non-hydrogen) atoms. The van der Waals surface area contributed by atoms with Gasteiger partial charge in [-0.1, -0.05) is 0 Å². The lowest BCUT2D eigenvalue weighted by Gasteiger charge is -2.18. The number of hydrogen-bond acceptors (Lipinski definition) is 2. The Hall–Kier alpha value is -1.16. The summed E-state index contributed by atoms with van der Waals surface area (Å²) in [6.07, 6.45) is 2.99. The van der Waals surface area contributed by atoms with Crippen molar-refractivity contribution < 1.29 is 8.78 Å². The smallest absolute Gasteiger partial charge is 0.128 e. The van der Waals surface area contributed by atoms with Crippen LogP contribution in [-0.4, -0.2) is 12.1 Å². The molecule has 2 nitrogen and oxygen atoms in total. The molecule has 0 bridgehead atoms. The van der Waals surface area contributed by atoms with E-state index >= 15 is 0 Å². The van der Waals surface area contributed by atoms with Crippen LogP contribution in [0.4, 0.5) is 14.5 Å². The Morgan fingerprint density at radius 1 is 1.13 bits per heavy atom. The van der Waals surface area contributed by atoms with Crippen LogP contribution in [0.3, 0.4) is 0 Å². The minimum atomic E-state index is -0.566. The van der Waals surface area contributed by atoms with Crippen molar-refractivity contribution in [2.45, 2.75) is 31.3 Å². The van der Waals surface area contributed by atoms with Crippen molar-refractivity contribution >= 4 is 5.69 Å². The lowest BCUT2D eigenvalue weighted by molar-refractivity contribution is 0.581. The van der Waals surface area contributed by atoms with Crippen LogP contribution in [0.25, 0.3) is 0 Å². The number of anilines is 1. The molecular formula is C11H14F2N2.